The number of benzene rings is 3. The van der Waals surface area contributed by atoms with Crippen LogP contribution in [0, 0.1) is 5.82 Å². The topological polar surface area (TPSA) is 49.9 Å². The van der Waals surface area contributed by atoms with E-state index in [1.54, 1.807) is 0 Å². The van der Waals surface area contributed by atoms with Crippen LogP contribution >= 0.6 is 0 Å². The number of halogens is 1. The third-order valence-corrected chi connectivity index (χ3v) is 5.69. The van der Waals surface area contributed by atoms with Gasteiger partial charge < -0.3 is 4.74 Å². The van der Waals surface area contributed by atoms with Gasteiger partial charge in [-0.3, -0.25) is 14.6 Å². The zero-order valence-electron chi connectivity index (χ0n) is 16.3. The highest BCUT2D eigenvalue weighted by Gasteiger charge is 2.55. The summed E-state index contributed by atoms with van der Waals surface area (Å²) in [4.78, 5) is 29.9. The van der Waals surface area contributed by atoms with Crippen molar-refractivity contribution in [1.82, 2.24) is 4.90 Å². The van der Waals surface area contributed by atoms with Gasteiger partial charge >= 0.3 is 6.03 Å². The predicted octanol–water partition coefficient (Wildman–Crippen LogP) is 5.15. The van der Waals surface area contributed by atoms with Crippen molar-refractivity contribution < 1.29 is 18.7 Å². The zero-order valence-corrected chi connectivity index (χ0v) is 16.3. The summed E-state index contributed by atoms with van der Waals surface area (Å²) in [5.74, 6) is -0.266. The molecular weight excluding hydrogens is 383 g/mol. The number of ether oxygens (including phenoxy) is 1. The average molecular weight is 402 g/mol. The van der Waals surface area contributed by atoms with Gasteiger partial charge in [0.05, 0.1) is 6.04 Å². The van der Waals surface area contributed by atoms with Crippen LogP contribution in [0.5, 0.6) is 5.75 Å². The van der Waals surface area contributed by atoms with Crippen LogP contribution in [-0.2, 0) is 0 Å². The number of nitrogens with zero attached hydrogens (tertiary/aromatic N) is 2. The Morgan fingerprint density at radius 1 is 1.00 bits per heavy atom. The van der Waals surface area contributed by atoms with E-state index in [4.69, 9.17) is 4.74 Å². The van der Waals surface area contributed by atoms with Crippen molar-refractivity contribution >= 4 is 17.6 Å². The molecule has 3 amide bonds. The summed E-state index contributed by atoms with van der Waals surface area (Å²) in [7, 11) is 0. The Labute approximate surface area is 173 Å². The van der Waals surface area contributed by atoms with E-state index in [-0.39, 0.29) is 5.56 Å². The van der Waals surface area contributed by atoms with Gasteiger partial charge in [0.2, 0.25) is 0 Å². The van der Waals surface area contributed by atoms with Gasteiger partial charge in [0.25, 0.3) is 5.91 Å². The minimum atomic E-state index is -0.947. The number of hydrogen-bond acceptors (Lipinski definition) is 3. The zero-order chi connectivity index (χ0) is 20.9. The van der Waals surface area contributed by atoms with Crippen LogP contribution in [0.4, 0.5) is 14.9 Å². The van der Waals surface area contributed by atoms with Gasteiger partial charge in [0.1, 0.15) is 11.6 Å². The Kier molecular flexibility index (Phi) is 4.10. The summed E-state index contributed by atoms with van der Waals surface area (Å²) in [6, 6.07) is 20.9. The smallest absolute Gasteiger partial charge is 0.335 e. The van der Waals surface area contributed by atoms with Crippen molar-refractivity contribution in [1.29, 1.82) is 0 Å². The number of anilines is 1. The summed E-state index contributed by atoms with van der Waals surface area (Å²) in [5.41, 5.74) is 0.730. The molecule has 0 aliphatic carbocycles. The van der Waals surface area contributed by atoms with Gasteiger partial charge in [-0.2, -0.15) is 0 Å². The first-order valence-electron chi connectivity index (χ1n) is 9.74. The van der Waals surface area contributed by atoms with Crippen molar-refractivity contribution in [3.8, 4) is 5.75 Å². The molecule has 6 heteroatoms. The molecular formula is C24H19FN2O3. The molecule has 150 valence electrons. The van der Waals surface area contributed by atoms with Crippen LogP contribution in [0.2, 0.25) is 0 Å². The fourth-order valence-electron chi connectivity index (χ4n) is 4.33. The van der Waals surface area contributed by atoms with Gasteiger partial charge in [-0.1, -0.05) is 36.4 Å². The molecule has 2 heterocycles. The van der Waals surface area contributed by atoms with Crippen LogP contribution in [0.3, 0.4) is 0 Å². The lowest BCUT2D eigenvalue weighted by molar-refractivity contribution is 0.00268. The molecule has 0 aromatic heterocycles. The standard InChI is InChI=1S/C24H19FN2O3/c1-24-15-20(19-9-5-6-10-21(19)30-24)26(22(28)16-11-13-17(25)14-12-16)23(29)27(24)18-7-3-2-4-8-18/h2-14,20H,15H2,1H3. The van der Waals surface area contributed by atoms with E-state index < -0.39 is 29.5 Å². The fourth-order valence-corrected chi connectivity index (χ4v) is 4.33. The number of fused-ring (bicyclic) bond motifs is 4. The number of carbonyl (C=O) groups excluding carboxylic acids is 2. The highest BCUT2D eigenvalue weighted by Crippen LogP contribution is 2.49. The highest BCUT2D eigenvalue weighted by molar-refractivity contribution is 6.10. The van der Waals surface area contributed by atoms with E-state index >= 15 is 0 Å². The third-order valence-electron chi connectivity index (χ3n) is 5.69. The lowest BCUT2D eigenvalue weighted by atomic mass is 9.88. The molecule has 0 N–H and O–H groups in total. The molecule has 5 nitrogen and oxygen atoms in total. The number of urea groups is 1. The van der Waals surface area contributed by atoms with Crippen molar-refractivity contribution in [3.05, 3.63) is 95.8 Å². The molecule has 2 bridgehead atoms. The van der Waals surface area contributed by atoms with Crippen molar-refractivity contribution in [2.24, 2.45) is 0 Å². The van der Waals surface area contributed by atoms with E-state index in [0.29, 0.717) is 17.9 Å². The molecule has 2 aliphatic heterocycles. The molecule has 0 radical (unpaired) electrons. The number of hydrogen-bond donors (Lipinski definition) is 0. The minimum Gasteiger partial charge on any atom is -0.467 e. The molecule has 0 saturated carbocycles. The SMILES string of the molecule is CC12CC(c3ccccc3O1)N(C(=O)c1ccc(F)cc1)C(=O)N2c1ccccc1. The summed E-state index contributed by atoms with van der Waals surface area (Å²) in [6.45, 7) is 1.86. The predicted molar refractivity (Wildman–Crippen MR) is 110 cm³/mol. The Balaban J connectivity index is 1.67. The lowest BCUT2D eigenvalue weighted by Crippen LogP contribution is -2.67. The van der Waals surface area contributed by atoms with E-state index in [9.17, 15) is 14.0 Å². The first-order chi connectivity index (χ1) is 14.5. The normalized spacial score (nSPS) is 22.3. The van der Waals surface area contributed by atoms with Gasteiger partial charge in [-0.15, -0.1) is 0 Å². The van der Waals surface area contributed by atoms with Crippen molar-refractivity contribution in [2.45, 2.75) is 25.1 Å². The second-order valence-electron chi connectivity index (χ2n) is 7.67. The molecule has 3 aromatic rings. The van der Waals surface area contributed by atoms with Crippen LogP contribution in [0.25, 0.3) is 0 Å². The van der Waals surface area contributed by atoms with Gasteiger partial charge in [0.15, 0.2) is 5.72 Å². The Bertz CT molecular complexity index is 1130. The Morgan fingerprint density at radius 3 is 2.40 bits per heavy atom. The number of amides is 3. The number of rotatable bonds is 2. The second kappa shape index (κ2) is 6.69. The molecule has 2 aliphatic rings. The molecule has 3 aromatic carbocycles. The second-order valence-corrected chi connectivity index (χ2v) is 7.67. The molecule has 2 atom stereocenters. The van der Waals surface area contributed by atoms with Gasteiger partial charge in [-0.25, -0.2) is 9.18 Å². The molecule has 1 fully saturated rings. The molecule has 1 saturated heterocycles. The maximum Gasteiger partial charge on any atom is 0.335 e. The van der Waals surface area contributed by atoms with Crippen molar-refractivity contribution in [3.63, 3.8) is 0 Å². The molecule has 0 spiro atoms. The molecule has 30 heavy (non-hydrogen) atoms. The molecule has 5 rings (SSSR count). The van der Waals surface area contributed by atoms with Crippen LogP contribution in [0.15, 0.2) is 78.9 Å². The first kappa shape index (κ1) is 18.4. The Hall–Kier alpha value is -3.67. The van der Waals surface area contributed by atoms with Crippen molar-refractivity contribution in [2.75, 3.05) is 4.90 Å². The maximum absolute atomic E-state index is 13.7. The largest absolute Gasteiger partial charge is 0.467 e. The summed E-state index contributed by atoms with van der Waals surface area (Å²) < 4.78 is 19.7. The van der Waals surface area contributed by atoms with E-state index in [1.165, 1.54) is 34.1 Å². The molecule has 2 unspecified atom stereocenters. The van der Waals surface area contributed by atoms with Gasteiger partial charge in [-0.05, 0) is 49.4 Å². The fraction of sp³-hybridized carbons (Fsp3) is 0.167. The van der Waals surface area contributed by atoms with Crippen LogP contribution in [-0.4, -0.2) is 22.6 Å². The minimum absolute atomic E-state index is 0.255. The highest BCUT2D eigenvalue weighted by atomic mass is 19.1. The Morgan fingerprint density at radius 2 is 1.67 bits per heavy atom. The van der Waals surface area contributed by atoms with E-state index in [0.717, 1.165) is 5.56 Å². The monoisotopic (exact) mass is 402 g/mol. The number of para-hydroxylation sites is 2. The third kappa shape index (κ3) is 2.76. The van der Waals surface area contributed by atoms with Crippen LogP contribution < -0.4 is 9.64 Å². The average Bonchev–Trinajstić information content (AvgIpc) is 2.74. The van der Waals surface area contributed by atoms with E-state index in [1.807, 2.05) is 61.5 Å². The quantitative estimate of drug-likeness (QED) is 0.596. The maximum atomic E-state index is 13.7. The summed E-state index contributed by atoms with van der Waals surface area (Å²) in [5, 5.41) is 0. The summed E-state index contributed by atoms with van der Waals surface area (Å²) >= 11 is 0. The lowest BCUT2D eigenvalue weighted by Gasteiger charge is -2.53. The number of carbonyl (C=O) groups is 2. The first-order valence-corrected chi connectivity index (χ1v) is 9.74. The van der Waals surface area contributed by atoms with Gasteiger partial charge in [0, 0.05) is 23.2 Å². The van der Waals surface area contributed by atoms with E-state index in [2.05, 4.69) is 0 Å². The number of imide groups is 1. The summed E-state index contributed by atoms with van der Waals surface area (Å²) in [6.07, 6.45) is 0.414. The van der Waals surface area contributed by atoms with Crippen LogP contribution in [0.1, 0.15) is 35.3 Å².